The number of nitrogens with zero attached hydrogens (tertiary/aromatic N) is 2. The summed E-state index contributed by atoms with van der Waals surface area (Å²) in [4.78, 5) is 28.7. The zero-order valence-corrected chi connectivity index (χ0v) is 25.3. The summed E-state index contributed by atoms with van der Waals surface area (Å²) in [5, 5.41) is 3.05. The quantitative estimate of drug-likeness (QED) is 0.295. The lowest BCUT2D eigenvalue weighted by atomic mass is 9.95. The molecule has 1 fully saturated rings. The third kappa shape index (κ3) is 7.56. The number of rotatable bonds is 11. The number of hydrogen-bond acceptors (Lipinski definition) is 4. The van der Waals surface area contributed by atoms with Gasteiger partial charge in [-0.1, -0.05) is 81.6 Å². The predicted molar refractivity (Wildman–Crippen MR) is 163 cm³/mol. The van der Waals surface area contributed by atoms with Crippen LogP contribution in [0.25, 0.3) is 0 Å². The van der Waals surface area contributed by atoms with Crippen molar-refractivity contribution < 1.29 is 22.4 Å². The second kappa shape index (κ2) is 14.0. The van der Waals surface area contributed by atoms with Crippen molar-refractivity contribution in [1.29, 1.82) is 0 Å². The number of carbonyl (C=O) groups is 2. The molecule has 1 aliphatic rings. The van der Waals surface area contributed by atoms with Gasteiger partial charge in [-0.3, -0.25) is 13.9 Å². The molecule has 4 rings (SSSR count). The Balaban J connectivity index is 1.68. The van der Waals surface area contributed by atoms with Gasteiger partial charge >= 0.3 is 0 Å². The molecule has 2 amide bonds. The number of hydrogen-bond donors (Lipinski definition) is 1. The number of amides is 2. The summed E-state index contributed by atoms with van der Waals surface area (Å²) in [5.41, 5.74) is 1.58. The van der Waals surface area contributed by atoms with Crippen LogP contribution in [0.2, 0.25) is 0 Å². The molecule has 1 N–H and O–H groups in total. The van der Waals surface area contributed by atoms with Crippen molar-refractivity contribution >= 4 is 27.5 Å². The molecule has 224 valence electrons. The molecule has 0 heterocycles. The van der Waals surface area contributed by atoms with Gasteiger partial charge in [0.15, 0.2) is 0 Å². The largest absolute Gasteiger partial charge is 0.352 e. The molecule has 1 atom stereocenters. The monoisotopic (exact) mass is 593 g/mol. The van der Waals surface area contributed by atoms with Crippen molar-refractivity contribution in [3.05, 3.63) is 95.8 Å². The lowest BCUT2D eigenvalue weighted by Crippen LogP contribution is -2.53. The predicted octanol–water partition coefficient (Wildman–Crippen LogP) is 6.01. The van der Waals surface area contributed by atoms with Gasteiger partial charge in [0.25, 0.3) is 10.0 Å². The highest BCUT2D eigenvalue weighted by molar-refractivity contribution is 7.92. The van der Waals surface area contributed by atoms with Gasteiger partial charge in [-0.15, -0.1) is 0 Å². The number of halogens is 1. The Morgan fingerprint density at radius 1 is 0.881 bits per heavy atom. The van der Waals surface area contributed by atoms with Crippen LogP contribution in [0.15, 0.2) is 83.8 Å². The van der Waals surface area contributed by atoms with Crippen molar-refractivity contribution in [2.75, 3.05) is 10.8 Å². The Morgan fingerprint density at radius 3 is 2.12 bits per heavy atom. The summed E-state index contributed by atoms with van der Waals surface area (Å²) in [5.74, 6) is -1.23. The third-order valence-corrected chi connectivity index (χ3v) is 9.66. The SMILES string of the molecule is CC(C)c1ccc(N(CC(=O)N(Cc2ccccc2F)C(C)C(=O)NC2CCCCC2)S(=O)(=O)c2ccccc2)cc1. The van der Waals surface area contributed by atoms with E-state index in [9.17, 15) is 22.4 Å². The summed E-state index contributed by atoms with van der Waals surface area (Å²) in [7, 11) is -4.15. The second-order valence-corrected chi connectivity index (χ2v) is 13.1. The van der Waals surface area contributed by atoms with Gasteiger partial charge in [-0.05, 0) is 61.6 Å². The molecular weight excluding hydrogens is 553 g/mol. The van der Waals surface area contributed by atoms with E-state index in [1.54, 1.807) is 55.5 Å². The standard InChI is InChI=1S/C33H40FN3O4S/c1-24(2)26-18-20-29(21-19-26)37(42(40,41)30-15-8-5-9-16-30)23-32(38)36(22-27-12-10-11-17-31(27)34)25(3)33(39)35-28-13-6-4-7-14-28/h5,8-12,15-21,24-25,28H,4,6-7,13-14,22-23H2,1-3H3,(H,35,39). The van der Waals surface area contributed by atoms with Crippen LogP contribution in [0.1, 0.15) is 69.9 Å². The van der Waals surface area contributed by atoms with E-state index in [1.807, 2.05) is 26.0 Å². The molecule has 0 bridgehead atoms. The van der Waals surface area contributed by atoms with Crippen molar-refractivity contribution in [3.63, 3.8) is 0 Å². The van der Waals surface area contributed by atoms with Crippen molar-refractivity contribution in [2.24, 2.45) is 0 Å². The van der Waals surface area contributed by atoms with Crippen LogP contribution in [-0.2, 0) is 26.2 Å². The number of carbonyl (C=O) groups excluding carboxylic acids is 2. The van der Waals surface area contributed by atoms with Gasteiger partial charge in [-0.25, -0.2) is 12.8 Å². The van der Waals surface area contributed by atoms with E-state index in [0.717, 1.165) is 42.0 Å². The van der Waals surface area contributed by atoms with E-state index in [0.29, 0.717) is 5.69 Å². The Labute approximate surface area is 248 Å². The number of anilines is 1. The van der Waals surface area contributed by atoms with Crippen molar-refractivity contribution in [1.82, 2.24) is 10.2 Å². The summed E-state index contributed by atoms with van der Waals surface area (Å²) >= 11 is 0. The molecule has 3 aromatic carbocycles. The summed E-state index contributed by atoms with van der Waals surface area (Å²) < 4.78 is 43.6. The van der Waals surface area contributed by atoms with Crippen LogP contribution in [0, 0.1) is 5.82 Å². The van der Waals surface area contributed by atoms with Gasteiger partial charge in [0.2, 0.25) is 11.8 Å². The number of benzene rings is 3. The van der Waals surface area contributed by atoms with Gasteiger partial charge in [0, 0.05) is 18.2 Å². The smallest absolute Gasteiger partial charge is 0.264 e. The van der Waals surface area contributed by atoms with E-state index in [4.69, 9.17) is 0 Å². The molecule has 0 radical (unpaired) electrons. The fourth-order valence-electron chi connectivity index (χ4n) is 5.24. The fraction of sp³-hybridized carbons (Fsp3) is 0.394. The van der Waals surface area contributed by atoms with Crippen molar-refractivity contribution in [3.8, 4) is 0 Å². The fourth-order valence-corrected chi connectivity index (χ4v) is 6.67. The molecule has 1 saturated carbocycles. The van der Waals surface area contributed by atoms with E-state index in [-0.39, 0.29) is 34.9 Å². The maximum atomic E-state index is 14.7. The highest BCUT2D eigenvalue weighted by Crippen LogP contribution is 2.27. The van der Waals surface area contributed by atoms with Crippen LogP contribution < -0.4 is 9.62 Å². The minimum absolute atomic E-state index is 0.0218. The third-order valence-electron chi connectivity index (χ3n) is 7.88. The lowest BCUT2D eigenvalue weighted by Gasteiger charge is -2.33. The molecule has 7 nitrogen and oxygen atoms in total. The maximum absolute atomic E-state index is 14.7. The minimum Gasteiger partial charge on any atom is -0.352 e. The Hall–Kier alpha value is -3.72. The van der Waals surface area contributed by atoms with Crippen LogP contribution in [0.5, 0.6) is 0 Å². The van der Waals surface area contributed by atoms with E-state index in [1.165, 1.54) is 23.1 Å². The van der Waals surface area contributed by atoms with Crippen LogP contribution in [-0.4, -0.2) is 43.8 Å². The second-order valence-electron chi connectivity index (χ2n) is 11.2. The van der Waals surface area contributed by atoms with Crippen LogP contribution in [0.4, 0.5) is 10.1 Å². The maximum Gasteiger partial charge on any atom is 0.264 e. The van der Waals surface area contributed by atoms with Crippen LogP contribution in [0.3, 0.4) is 0 Å². The van der Waals surface area contributed by atoms with Gasteiger partial charge < -0.3 is 10.2 Å². The van der Waals surface area contributed by atoms with E-state index in [2.05, 4.69) is 5.32 Å². The normalized spacial score (nSPS) is 14.8. The first-order valence-corrected chi connectivity index (χ1v) is 16.0. The summed E-state index contributed by atoms with van der Waals surface area (Å²) in [6, 6.07) is 20.1. The Bertz CT molecular complexity index is 1460. The van der Waals surface area contributed by atoms with Gasteiger partial charge in [0.05, 0.1) is 10.6 Å². The van der Waals surface area contributed by atoms with E-state index < -0.39 is 34.3 Å². The number of nitrogens with one attached hydrogen (secondary N) is 1. The highest BCUT2D eigenvalue weighted by Gasteiger charge is 2.33. The molecule has 1 aliphatic carbocycles. The molecule has 0 saturated heterocycles. The summed E-state index contributed by atoms with van der Waals surface area (Å²) in [6.45, 7) is 4.93. The molecular formula is C33H40FN3O4S. The van der Waals surface area contributed by atoms with E-state index >= 15 is 0 Å². The zero-order chi connectivity index (χ0) is 30.3. The molecule has 0 aliphatic heterocycles. The van der Waals surface area contributed by atoms with Gasteiger partial charge in [-0.2, -0.15) is 0 Å². The lowest BCUT2D eigenvalue weighted by molar-refractivity contribution is -0.139. The number of sulfonamides is 1. The molecule has 0 aromatic heterocycles. The highest BCUT2D eigenvalue weighted by atomic mass is 32.2. The molecule has 9 heteroatoms. The minimum atomic E-state index is -4.15. The molecule has 0 spiro atoms. The summed E-state index contributed by atoms with van der Waals surface area (Å²) in [6.07, 6.45) is 4.92. The molecule has 42 heavy (non-hydrogen) atoms. The first kappa shape index (κ1) is 31.2. The first-order valence-electron chi connectivity index (χ1n) is 14.6. The average Bonchev–Trinajstić information content (AvgIpc) is 3.00. The average molecular weight is 594 g/mol. The van der Waals surface area contributed by atoms with Crippen LogP contribution >= 0.6 is 0 Å². The van der Waals surface area contributed by atoms with Gasteiger partial charge in [0.1, 0.15) is 18.4 Å². The molecule has 3 aromatic rings. The van der Waals surface area contributed by atoms with Crippen molar-refractivity contribution in [2.45, 2.75) is 82.3 Å². The Morgan fingerprint density at radius 2 is 1.50 bits per heavy atom. The zero-order valence-electron chi connectivity index (χ0n) is 24.5. The molecule has 1 unspecified atom stereocenters. The Kier molecular flexibility index (Phi) is 10.4. The topological polar surface area (TPSA) is 86.8 Å². The first-order chi connectivity index (χ1) is 20.1.